The number of aliphatic hydroxyl groups is 1. The van der Waals surface area contributed by atoms with Crippen LogP contribution in [0.4, 0.5) is 0 Å². The lowest BCUT2D eigenvalue weighted by Crippen LogP contribution is -2.43. The van der Waals surface area contributed by atoms with Gasteiger partial charge in [-0.2, -0.15) is 0 Å². The molecule has 0 aromatic rings. The normalized spacial score (nSPS) is 32.1. The van der Waals surface area contributed by atoms with Gasteiger partial charge in [-0.25, -0.2) is 0 Å². The van der Waals surface area contributed by atoms with Crippen molar-refractivity contribution < 1.29 is 9.90 Å². The summed E-state index contributed by atoms with van der Waals surface area (Å²) in [6, 6.07) is 0. The minimum absolute atomic E-state index is 0.120. The first kappa shape index (κ1) is 10.9. The Bertz CT molecular complexity index is 221. The minimum Gasteiger partial charge on any atom is -0.393 e. The predicted octanol–water partition coefficient (Wildman–Crippen LogP) is -0.127. The maximum absolute atomic E-state index is 11.7. The Morgan fingerprint density at radius 1 is 1.33 bits per heavy atom. The van der Waals surface area contributed by atoms with Gasteiger partial charge >= 0.3 is 0 Å². The summed E-state index contributed by atoms with van der Waals surface area (Å²) in [6.07, 6.45) is 3.50. The molecule has 0 bridgehead atoms. The minimum atomic E-state index is -0.120. The molecule has 2 fully saturated rings. The molecule has 0 spiro atoms. The fraction of sp³-hybridized carbons (Fsp3) is 0.909. The van der Waals surface area contributed by atoms with Crippen molar-refractivity contribution in [1.82, 2.24) is 10.6 Å². The van der Waals surface area contributed by atoms with E-state index in [1.807, 2.05) is 0 Å². The molecule has 2 rings (SSSR count). The Balaban J connectivity index is 1.63. The van der Waals surface area contributed by atoms with Crippen molar-refractivity contribution in [1.29, 1.82) is 0 Å². The van der Waals surface area contributed by atoms with Crippen molar-refractivity contribution in [3.05, 3.63) is 0 Å². The van der Waals surface area contributed by atoms with Gasteiger partial charge in [0, 0.05) is 12.5 Å². The zero-order valence-electron chi connectivity index (χ0n) is 9.04. The van der Waals surface area contributed by atoms with E-state index in [4.69, 9.17) is 5.11 Å². The van der Waals surface area contributed by atoms with Gasteiger partial charge in [0.15, 0.2) is 0 Å². The number of amides is 1. The van der Waals surface area contributed by atoms with Crippen LogP contribution in [0.2, 0.25) is 0 Å². The van der Waals surface area contributed by atoms with Crippen LogP contribution in [0.1, 0.15) is 25.7 Å². The van der Waals surface area contributed by atoms with Crippen LogP contribution in [-0.2, 0) is 4.79 Å². The number of aliphatic hydroxyl groups excluding tert-OH is 1. The van der Waals surface area contributed by atoms with Crippen LogP contribution in [0.25, 0.3) is 0 Å². The maximum Gasteiger partial charge on any atom is 0.223 e. The third-order valence-corrected chi connectivity index (χ3v) is 3.49. The predicted molar refractivity (Wildman–Crippen MR) is 57.3 cm³/mol. The molecular weight excluding hydrogens is 192 g/mol. The second-order valence-corrected chi connectivity index (χ2v) is 4.76. The first-order chi connectivity index (χ1) is 7.25. The monoisotopic (exact) mass is 212 g/mol. The Hall–Kier alpha value is -0.610. The molecule has 0 aromatic carbocycles. The third kappa shape index (κ3) is 2.92. The summed E-state index contributed by atoms with van der Waals surface area (Å²) in [6.45, 7) is 2.67. The Morgan fingerprint density at radius 2 is 2.00 bits per heavy atom. The summed E-state index contributed by atoms with van der Waals surface area (Å²) in [7, 11) is 0. The number of nitrogens with one attached hydrogen (secondary N) is 2. The molecule has 86 valence electrons. The highest BCUT2D eigenvalue weighted by Gasteiger charge is 2.28. The molecule has 4 nitrogen and oxygen atoms in total. The zero-order valence-corrected chi connectivity index (χ0v) is 9.04. The fourth-order valence-electron chi connectivity index (χ4n) is 2.34. The lowest BCUT2D eigenvalue weighted by molar-refractivity contribution is -0.126. The lowest BCUT2D eigenvalue weighted by Gasteiger charge is -2.32. The fourth-order valence-corrected chi connectivity index (χ4v) is 2.34. The molecular formula is C11H20N2O2. The molecule has 0 atom stereocenters. The molecule has 1 aliphatic carbocycles. The van der Waals surface area contributed by atoms with Crippen molar-refractivity contribution in [2.45, 2.75) is 31.8 Å². The van der Waals surface area contributed by atoms with E-state index >= 15 is 0 Å². The Kier molecular flexibility index (Phi) is 3.59. The van der Waals surface area contributed by atoms with Gasteiger partial charge in [0.2, 0.25) is 5.91 Å². The maximum atomic E-state index is 11.7. The van der Waals surface area contributed by atoms with E-state index in [1.165, 1.54) is 0 Å². The van der Waals surface area contributed by atoms with Crippen molar-refractivity contribution in [2.75, 3.05) is 19.6 Å². The number of hydrogen-bond acceptors (Lipinski definition) is 3. The van der Waals surface area contributed by atoms with Gasteiger partial charge in [-0.3, -0.25) is 4.79 Å². The van der Waals surface area contributed by atoms with Crippen LogP contribution >= 0.6 is 0 Å². The first-order valence-corrected chi connectivity index (χ1v) is 5.92. The molecule has 1 heterocycles. The molecule has 0 unspecified atom stereocenters. The molecule has 4 heteroatoms. The van der Waals surface area contributed by atoms with Gasteiger partial charge in [0.05, 0.1) is 6.10 Å². The summed E-state index contributed by atoms with van der Waals surface area (Å²) in [5, 5.41) is 15.4. The molecule has 0 radical (unpaired) electrons. The molecule has 3 N–H and O–H groups in total. The number of carbonyl (C=O) groups is 1. The largest absolute Gasteiger partial charge is 0.393 e. The van der Waals surface area contributed by atoms with E-state index in [0.717, 1.165) is 45.3 Å². The summed E-state index contributed by atoms with van der Waals surface area (Å²) in [5.74, 6) is 0.916. The van der Waals surface area contributed by atoms with Gasteiger partial charge in [-0.05, 0) is 44.7 Å². The van der Waals surface area contributed by atoms with Crippen LogP contribution in [0.5, 0.6) is 0 Å². The standard InChI is InChI=1S/C11H20N2O2/c14-10-5-8(6-10)7-13-11(15)9-1-3-12-4-2-9/h8-10,12,14H,1-7H2,(H,13,15). The molecule has 2 aliphatic rings. The molecule has 1 saturated heterocycles. The number of piperidine rings is 1. The molecule has 0 aromatic heterocycles. The van der Waals surface area contributed by atoms with Crippen molar-refractivity contribution in [3.8, 4) is 0 Å². The molecule has 1 amide bonds. The van der Waals surface area contributed by atoms with E-state index in [-0.39, 0.29) is 17.9 Å². The topological polar surface area (TPSA) is 61.4 Å². The van der Waals surface area contributed by atoms with Gasteiger partial charge in [-0.1, -0.05) is 0 Å². The van der Waals surface area contributed by atoms with E-state index in [2.05, 4.69) is 10.6 Å². The van der Waals surface area contributed by atoms with Crippen LogP contribution in [0.3, 0.4) is 0 Å². The first-order valence-electron chi connectivity index (χ1n) is 5.92. The molecule has 1 saturated carbocycles. The van der Waals surface area contributed by atoms with Crippen LogP contribution < -0.4 is 10.6 Å². The number of rotatable bonds is 3. The highest BCUT2D eigenvalue weighted by molar-refractivity contribution is 5.78. The number of carbonyl (C=O) groups excluding carboxylic acids is 1. The second-order valence-electron chi connectivity index (χ2n) is 4.76. The average Bonchev–Trinajstić information content (AvgIpc) is 2.23. The SMILES string of the molecule is O=C(NCC1CC(O)C1)C1CCNCC1. The summed E-state index contributed by atoms with van der Waals surface area (Å²) in [4.78, 5) is 11.7. The quantitative estimate of drug-likeness (QED) is 0.611. The number of hydrogen-bond donors (Lipinski definition) is 3. The molecule has 1 aliphatic heterocycles. The van der Waals surface area contributed by atoms with Crippen LogP contribution in [0.15, 0.2) is 0 Å². The van der Waals surface area contributed by atoms with E-state index in [1.54, 1.807) is 0 Å². The van der Waals surface area contributed by atoms with Crippen molar-refractivity contribution >= 4 is 5.91 Å². The smallest absolute Gasteiger partial charge is 0.223 e. The Labute approximate surface area is 90.4 Å². The summed E-state index contributed by atoms with van der Waals surface area (Å²) < 4.78 is 0. The van der Waals surface area contributed by atoms with Gasteiger partial charge in [0.1, 0.15) is 0 Å². The highest BCUT2D eigenvalue weighted by atomic mass is 16.3. The van der Waals surface area contributed by atoms with E-state index in [9.17, 15) is 4.79 Å². The van der Waals surface area contributed by atoms with Gasteiger partial charge < -0.3 is 15.7 Å². The van der Waals surface area contributed by atoms with Crippen molar-refractivity contribution in [2.24, 2.45) is 11.8 Å². The van der Waals surface area contributed by atoms with Crippen LogP contribution in [0, 0.1) is 11.8 Å². The zero-order chi connectivity index (χ0) is 10.7. The second kappa shape index (κ2) is 4.94. The molecule has 15 heavy (non-hydrogen) atoms. The summed E-state index contributed by atoms with van der Waals surface area (Å²) >= 11 is 0. The van der Waals surface area contributed by atoms with E-state index < -0.39 is 0 Å². The lowest BCUT2D eigenvalue weighted by atomic mass is 9.82. The summed E-state index contributed by atoms with van der Waals surface area (Å²) in [5.41, 5.74) is 0. The Morgan fingerprint density at radius 3 is 2.60 bits per heavy atom. The van der Waals surface area contributed by atoms with E-state index in [0.29, 0.717) is 5.92 Å². The van der Waals surface area contributed by atoms with Crippen molar-refractivity contribution in [3.63, 3.8) is 0 Å². The van der Waals surface area contributed by atoms with Gasteiger partial charge in [-0.15, -0.1) is 0 Å². The van der Waals surface area contributed by atoms with Crippen LogP contribution in [-0.4, -0.2) is 36.8 Å². The third-order valence-electron chi connectivity index (χ3n) is 3.49. The van der Waals surface area contributed by atoms with Gasteiger partial charge in [0.25, 0.3) is 0 Å². The average molecular weight is 212 g/mol. The highest BCUT2D eigenvalue weighted by Crippen LogP contribution is 2.26.